The zero-order valence-corrected chi connectivity index (χ0v) is 13.1. The van der Waals surface area contributed by atoms with E-state index in [-0.39, 0.29) is 0 Å². The molecule has 0 aromatic carbocycles. The van der Waals surface area contributed by atoms with Crippen molar-refractivity contribution in [1.29, 1.82) is 0 Å². The first kappa shape index (κ1) is 14.8. The number of hydrogen-bond donors (Lipinski definition) is 0. The van der Waals surface area contributed by atoms with Gasteiger partial charge in [-0.3, -0.25) is 4.98 Å². The molecule has 3 rings (SSSR count). The average Bonchev–Trinajstić information content (AvgIpc) is 3.17. The third kappa shape index (κ3) is 3.74. The standard InChI is InChI=1S/C17H26N2O2/c1-19-6-3-4-15(19)12-21-16-8-14(10-18-11-16)17-9-13(17)5-7-20-2/h8,10-11,13,15,17H,3-7,9,12H2,1-2H3/t13-,15-,17-/m0/s1. The second kappa shape index (κ2) is 6.75. The minimum Gasteiger partial charge on any atom is -0.490 e. The van der Waals surface area contributed by atoms with Crippen molar-refractivity contribution < 1.29 is 9.47 Å². The fourth-order valence-electron chi connectivity index (χ4n) is 3.34. The maximum absolute atomic E-state index is 5.97. The molecular formula is C17H26N2O2. The molecule has 1 aliphatic heterocycles. The molecule has 2 fully saturated rings. The Morgan fingerprint density at radius 1 is 1.38 bits per heavy atom. The van der Waals surface area contributed by atoms with E-state index in [1.54, 1.807) is 7.11 Å². The molecule has 1 aliphatic carbocycles. The third-order valence-corrected chi connectivity index (χ3v) is 4.89. The van der Waals surface area contributed by atoms with Crippen molar-refractivity contribution >= 4 is 0 Å². The highest BCUT2D eigenvalue weighted by atomic mass is 16.5. The molecule has 0 N–H and O–H groups in total. The van der Waals surface area contributed by atoms with Gasteiger partial charge in [0.1, 0.15) is 12.4 Å². The Morgan fingerprint density at radius 2 is 2.29 bits per heavy atom. The normalized spacial score (nSPS) is 28.8. The molecule has 0 unspecified atom stereocenters. The van der Waals surface area contributed by atoms with E-state index in [1.165, 1.54) is 31.4 Å². The van der Waals surface area contributed by atoms with Crippen LogP contribution in [0, 0.1) is 5.92 Å². The number of rotatable bonds is 7. The second-order valence-electron chi connectivity index (χ2n) is 6.43. The number of methoxy groups -OCH3 is 1. The van der Waals surface area contributed by atoms with Crippen molar-refractivity contribution in [1.82, 2.24) is 9.88 Å². The van der Waals surface area contributed by atoms with Crippen LogP contribution in [0.4, 0.5) is 0 Å². The molecule has 116 valence electrons. The van der Waals surface area contributed by atoms with Crippen molar-refractivity contribution in [2.75, 3.05) is 33.9 Å². The van der Waals surface area contributed by atoms with Crippen LogP contribution in [0.25, 0.3) is 0 Å². The van der Waals surface area contributed by atoms with Gasteiger partial charge in [-0.15, -0.1) is 0 Å². The van der Waals surface area contributed by atoms with Gasteiger partial charge in [0.2, 0.25) is 0 Å². The summed E-state index contributed by atoms with van der Waals surface area (Å²) in [6, 6.07) is 2.74. The van der Waals surface area contributed by atoms with Gasteiger partial charge in [0, 0.05) is 26.0 Å². The molecule has 2 heterocycles. The van der Waals surface area contributed by atoms with Crippen LogP contribution in [-0.4, -0.2) is 49.8 Å². The van der Waals surface area contributed by atoms with Crippen LogP contribution in [0.15, 0.2) is 18.5 Å². The Balaban J connectivity index is 1.52. The number of hydrogen-bond acceptors (Lipinski definition) is 4. The van der Waals surface area contributed by atoms with E-state index in [0.29, 0.717) is 12.0 Å². The fourth-order valence-corrected chi connectivity index (χ4v) is 3.34. The van der Waals surface area contributed by atoms with Gasteiger partial charge in [-0.25, -0.2) is 0 Å². The first-order valence-electron chi connectivity index (χ1n) is 8.05. The zero-order valence-electron chi connectivity index (χ0n) is 13.1. The Hall–Kier alpha value is -1.13. The van der Waals surface area contributed by atoms with Crippen LogP contribution in [0.3, 0.4) is 0 Å². The van der Waals surface area contributed by atoms with Crippen molar-refractivity contribution in [3.63, 3.8) is 0 Å². The van der Waals surface area contributed by atoms with Crippen LogP contribution in [0.2, 0.25) is 0 Å². The third-order valence-electron chi connectivity index (χ3n) is 4.89. The van der Waals surface area contributed by atoms with E-state index < -0.39 is 0 Å². The number of ether oxygens (including phenoxy) is 2. The smallest absolute Gasteiger partial charge is 0.137 e. The fraction of sp³-hybridized carbons (Fsp3) is 0.706. The summed E-state index contributed by atoms with van der Waals surface area (Å²) in [7, 11) is 3.95. The maximum atomic E-state index is 5.97. The summed E-state index contributed by atoms with van der Waals surface area (Å²) >= 11 is 0. The van der Waals surface area contributed by atoms with Crippen LogP contribution >= 0.6 is 0 Å². The molecule has 21 heavy (non-hydrogen) atoms. The summed E-state index contributed by atoms with van der Waals surface area (Å²) in [5.74, 6) is 2.35. The summed E-state index contributed by atoms with van der Waals surface area (Å²) < 4.78 is 11.1. The van der Waals surface area contributed by atoms with Crippen LogP contribution in [0.1, 0.15) is 37.2 Å². The molecule has 4 nitrogen and oxygen atoms in total. The monoisotopic (exact) mass is 290 g/mol. The van der Waals surface area contributed by atoms with Crippen molar-refractivity contribution in [2.45, 2.75) is 37.6 Å². The molecule has 2 aliphatic rings. The molecule has 1 aromatic rings. The Morgan fingerprint density at radius 3 is 3.05 bits per heavy atom. The first-order valence-corrected chi connectivity index (χ1v) is 8.05. The lowest BCUT2D eigenvalue weighted by molar-refractivity contribution is 0.189. The predicted octanol–water partition coefficient (Wildman–Crippen LogP) is 2.69. The zero-order chi connectivity index (χ0) is 14.7. The SMILES string of the molecule is COCC[C@H]1C[C@@H]1c1cncc(OC[C@@H]2CCCN2C)c1. The number of pyridine rings is 1. The number of likely N-dealkylation sites (N-methyl/N-ethyl adjacent to an activating group) is 1. The van der Waals surface area contributed by atoms with Gasteiger partial charge in [0.05, 0.1) is 6.20 Å². The average molecular weight is 290 g/mol. The van der Waals surface area contributed by atoms with Gasteiger partial charge in [-0.05, 0) is 62.7 Å². The Kier molecular flexibility index (Phi) is 4.76. The number of nitrogens with zero attached hydrogens (tertiary/aromatic N) is 2. The summed E-state index contributed by atoms with van der Waals surface area (Å²) in [5.41, 5.74) is 1.33. The van der Waals surface area contributed by atoms with E-state index in [0.717, 1.165) is 31.3 Å². The highest BCUT2D eigenvalue weighted by Crippen LogP contribution is 2.49. The van der Waals surface area contributed by atoms with Crippen molar-refractivity contribution in [2.24, 2.45) is 5.92 Å². The predicted molar refractivity (Wildman–Crippen MR) is 82.7 cm³/mol. The quantitative estimate of drug-likeness (QED) is 0.773. The molecule has 0 amide bonds. The molecule has 1 aromatic heterocycles. The van der Waals surface area contributed by atoms with Crippen LogP contribution < -0.4 is 4.74 Å². The molecule has 1 saturated carbocycles. The van der Waals surface area contributed by atoms with Crippen LogP contribution in [-0.2, 0) is 4.74 Å². The summed E-state index contributed by atoms with van der Waals surface area (Å²) in [6.07, 6.45) is 8.77. The maximum Gasteiger partial charge on any atom is 0.137 e. The van der Waals surface area contributed by atoms with Crippen LogP contribution in [0.5, 0.6) is 5.75 Å². The Bertz CT molecular complexity index is 466. The lowest BCUT2D eigenvalue weighted by Crippen LogP contribution is -2.30. The second-order valence-corrected chi connectivity index (χ2v) is 6.43. The molecule has 0 spiro atoms. The minimum atomic E-state index is 0.559. The summed E-state index contributed by atoms with van der Waals surface area (Å²) in [6.45, 7) is 2.83. The molecule has 4 heteroatoms. The lowest BCUT2D eigenvalue weighted by Gasteiger charge is -2.19. The topological polar surface area (TPSA) is 34.6 Å². The lowest BCUT2D eigenvalue weighted by atomic mass is 10.1. The molecular weight excluding hydrogens is 264 g/mol. The van der Waals surface area contributed by atoms with Gasteiger partial charge >= 0.3 is 0 Å². The molecule has 1 saturated heterocycles. The number of likely N-dealkylation sites (tertiary alicyclic amines) is 1. The van der Waals surface area contributed by atoms with E-state index in [1.807, 2.05) is 12.4 Å². The molecule has 0 bridgehead atoms. The van der Waals surface area contributed by atoms with Gasteiger partial charge < -0.3 is 14.4 Å². The van der Waals surface area contributed by atoms with Crippen molar-refractivity contribution in [3.05, 3.63) is 24.0 Å². The highest BCUT2D eigenvalue weighted by Gasteiger charge is 2.38. The van der Waals surface area contributed by atoms with E-state index in [2.05, 4.69) is 23.0 Å². The summed E-state index contributed by atoms with van der Waals surface area (Å²) in [4.78, 5) is 6.74. The van der Waals surface area contributed by atoms with Gasteiger partial charge in [0.25, 0.3) is 0 Å². The largest absolute Gasteiger partial charge is 0.490 e. The minimum absolute atomic E-state index is 0.559. The van der Waals surface area contributed by atoms with Crippen molar-refractivity contribution in [3.8, 4) is 5.75 Å². The summed E-state index contributed by atoms with van der Waals surface area (Å²) in [5, 5.41) is 0. The van der Waals surface area contributed by atoms with Gasteiger partial charge in [-0.2, -0.15) is 0 Å². The highest BCUT2D eigenvalue weighted by molar-refractivity contribution is 5.30. The molecule has 0 radical (unpaired) electrons. The van der Waals surface area contributed by atoms with Gasteiger partial charge in [0.15, 0.2) is 0 Å². The van der Waals surface area contributed by atoms with E-state index in [9.17, 15) is 0 Å². The van der Waals surface area contributed by atoms with E-state index in [4.69, 9.17) is 9.47 Å². The first-order chi connectivity index (χ1) is 10.3. The van der Waals surface area contributed by atoms with Gasteiger partial charge in [-0.1, -0.05) is 0 Å². The molecule has 3 atom stereocenters. The Labute approximate surface area is 127 Å². The van der Waals surface area contributed by atoms with E-state index >= 15 is 0 Å². The number of aromatic nitrogens is 1.